The second-order valence-corrected chi connectivity index (χ2v) is 8.60. The molecule has 0 bridgehead atoms. The van der Waals surface area contributed by atoms with Gasteiger partial charge in [-0.05, 0) is 42.5 Å². The number of fused-ring (bicyclic) bond motifs is 1. The highest BCUT2D eigenvalue weighted by atomic mass is 35.5. The lowest BCUT2D eigenvalue weighted by Gasteiger charge is -2.19. The molecule has 3 aromatic heterocycles. The summed E-state index contributed by atoms with van der Waals surface area (Å²) < 4.78 is 6.97. The number of amides is 2. The van der Waals surface area contributed by atoms with Crippen molar-refractivity contribution in [1.82, 2.24) is 20.1 Å². The van der Waals surface area contributed by atoms with Crippen LogP contribution in [0.4, 0.5) is 5.82 Å². The molecule has 0 saturated carbocycles. The van der Waals surface area contributed by atoms with Crippen molar-refractivity contribution in [3.8, 4) is 17.3 Å². The Labute approximate surface area is 235 Å². The number of anilines is 1. The Balaban J connectivity index is 0.00000210. The summed E-state index contributed by atoms with van der Waals surface area (Å²) in [6.07, 6.45) is 3.38. The lowest BCUT2D eigenvalue weighted by atomic mass is 10.1. The van der Waals surface area contributed by atoms with Crippen LogP contribution in [0, 0.1) is 0 Å². The molecule has 0 unspecified atom stereocenters. The van der Waals surface area contributed by atoms with Gasteiger partial charge in [0.15, 0.2) is 18.2 Å². The number of hydrogen-bond acceptors (Lipinski definition) is 6. The maximum absolute atomic E-state index is 13.6. The quantitative estimate of drug-likeness (QED) is 0.295. The average Bonchev–Trinajstić information content (AvgIpc) is 3.33. The maximum Gasteiger partial charge on any atom is 0.266 e. The van der Waals surface area contributed by atoms with Gasteiger partial charge in [0.1, 0.15) is 16.8 Å². The zero-order valence-electron chi connectivity index (χ0n) is 20.9. The van der Waals surface area contributed by atoms with E-state index in [9.17, 15) is 9.59 Å². The number of hydrogen-bond donors (Lipinski definition) is 1. The van der Waals surface area contributed by atoms with E-state index >= 15 is 0 Å². The Morgan fingerprint density at radius 3 is 2.38 bits per heavy atom. The van der Waals surface area contributed by atoms with Crippen LogP contribution in [-0.2, 0) is 11.3 Å². The molecule has 2 aromatic carbocycles. The van der Waals surface area contributed by atoms with E-state index in [-0.39, 0.29) is 29.5 Å². The number of nitrogens with one attached hydrogen (secondary N) is 1. The summed E-state index contributed by atoms with van der Waals surface area (Å²) >= 11 is 6.36. The van der Waals surface area contributed by atoms with Crippen molar-refractivity contribution in [2.75, 3.05) is 12.0 Å². The molecule has 200 valence electrons. The Morgan fingerprint density at radius 2 is 1.74 bits per heavy atom. The summed E-state index contributed by atoms with van der Waals surface area (Å²) in [5.41, 5.74) is 2.13. The topological polar surface area (TPSA) is 136 Å². The largest absolute Gasteiger partial charge is 1.00 e. The van der Waals surface area contributed by atoms with Crippen molar-refractivity contribution < 1.29 is 36.9 Å². The lowest BCUT2D eigenvalue weighted by Crippen LogP contribution is -3.00. The van der Waals surface area contributed by atoms with Gasteiger partial charge in [0, 0.05) is 24.2 Å². The first-order valence-electron chi connectivity index (χ1n) is 11.4. The van der Waals surface area contributed by atoms with Crippen LogP contribution >= 0.6 is 11.6 Å². The fourth-order valence-electron chi connectivity index (χ4n) is 3.91. The number of aromatic nitrogens is 5. The smallest absolute Gasteiger partial charge is 0.266 e. The van der Waals surface area contributed by atoms with Crippen LogP contribution in [0.15, 0.2) is 79.1 Å². The first-order chi connectivity index (χ1) is 17.9. The molecule has 12 heteroatoms. The molecular weight excluding hydrogens is 543 g/mol. The summed E-state index contributed by atoms with van der Waals surface area (Å²) in [6, 6.07) is 19.4. The average molecular weight is 567 g/mol. The normalized spacial score (nSPS) is 10.3. The summed E-state index contributed by atoms with van der Waals surface area (Å²) in [5, 5.41) is 4.33. The molecule has 0 aliphatic heterocycles. The minimum absolute atomic E-state index is 0. The third-order valence-corrected chi connectivity index (χ3v) is 6.09. The van der Waals surface area contributed by atoms with E-state index in [2.05, 4.69) is 20.1 Å². The van der Waals surface area contributed by atoms with Crippen molar-refractivity contribution in [3.63, 3.8) is 0 Å². The molecule has 10 nitrogen and oxygen atoms in total. The number of imide groups is 1. The van der Waals surface area contributed by atoms with Gasteiger partial charge in [0.2, 0.25) is 17.8 Å². The fourth-order valence-corrected chi connectivity index (χ4v) is 4.11. The predicted octanol–water partition coefficient (Wildman–Crippen LogP) is 0.390. The van der Waals surface area contributed by atoms with Crippen LogP contribution in [-0.4, -0.2) is 44.5 Å². The van der Waals surface area contributed by atoms with Gasteiger partial charge in [-0.25, -0.2) is 14.9 Å². The van der Waals surface area contributed by atoms with E-state index in [1.807, 2.05) is 30.3 Å². The first kappa shape index (κ1) is 29.2. The summed E-state index contributed by atoms with van der Waals surface area (Å²) in [4.78, 5) is 41.1. The van der Waals surface area contributed by atoms with E-state index in [0.717, 1.165) is 10.5 Å². The molecule has 0 fully saturated rings. The summed E-state index contributed by atoms with van der Waals surface area (Å²) in [6.45, 7) is 1.74. The zero-order chi connectivity index (χ0) is 25.9. The van der Waals surface area contributed by atoms with Gasteiger partial charge in [-0.1, -0.05) is 35.9 Å². The number of nitrogens with zero attached hydrogens (tertiary/aromatic N) is 5. The number of methoxy groups -OCH3 is 1. The number of carbonyl (C=O) groups excluding carboxylic acids is 2. The van der Waals surface area contributed by atoms with Crippen LogP contribution in [0.1, 0.15) is 22.8 Å². The highest BCUT2D eigenvalue weighted by molar-refractivity contribution is 6.31. The molecule has 3 N–H and O–H groups in total. The highest BCUT2D eigenvalue weighted by Crippen LogP contribution is 2.27. The Bertz CT molecular complexity index is 1610. The minimum Gasteiger partial charge on any atom is -1.00 e. The number of H-pyrrole nitrogens is 1. The van der Waals surface area contributed by atoms with Crippen LogP contribution < -0.4 is 26.7 Å². The number of pyridine rings is 1. The highest BCUT2D eigenvalue weighted by Gasteiger charge is 2.29. The van der Waals surface area contributed by atoms with Crippen LogP contribution in [0.25, 0.3) is 22.6 Å². The van der Waals surface area contributed by atoms with Gasteiger partial charge in [-0.15, -0.1) is 9.78 Å². The molecule has 0 aliphatic carbocycles. The third kappa shape index (κ3) is 6.04. The molecule has 2 amide bonds. The monoisotopic (exact) mass is 566 g/mol. The van der Waals surface area contributed by atoms with Gasteiger partial charge in [0.05, 0.1) is 12.1 Å². The van der Waals surface area contributed by atoms with Gasteiger partial charge >= 0.3 is 0 Å². The third-order valence-electron chi connectivity index (χ3n) is 5.72. The van der Waals surface area contributed by atoms with Crippen LogP contribution in [0.3, 0.4) is 0 Å². The first-order valence-corrected chi connectivity index (χ1v) is 11.8. The van der Waals surface area contributed by atoms with Gasteiger partial charge in [0.25, 0.3) is 5.91 Å². The standard InChI is InChI=1S/C27H21ClN6O3.ClH.H2O/c1-17(35)34(27(36)18-10-12-20(37-2)13-11-18)26-21-16-33(15-19-7-3-4-8-22(19)28)32-24(21)30-25(31-26)23-9-5-6-14-29-23;;/h3-14,16H,15H2,1-2H3;1H;1H2. The number of ether oxygens (including phenoxy) is 1. The van der Waals surface area contributed by atoms with E-state index in [1.54, 1.807) is 60.6 Å². The molecule has 39 heavy (non-hydrogen) atoms. The molecule has 0 aliphatic rings. The van der Waals surface area contributed by atoms with Crippen molar-refractivity contribution in [2.24, 2.45) is 0 Å². The van der Waals surface area contributed by atoms with E-state index in [0.29, 0.717) is 39.6 Å². The molecule has 5 aromatic rings. The maximum atomic E-state index is 13.6. The summed E-state index contributed by atoms with van der Waals surface area (Å²) in [5.74, 6) is -0.0107. The molecule has 0 atom stereocenters. The van der Waals surface area contributed by atoms with Gasteiger partial charge in [-0.2, -0.15) is 0 Å². The van der Waals surface area contributed by atoms with Crippen LogP contribution in [0.2, 0.25) is 5.02 Å². The molecule has 0 spiro atoms. The Hall–Kier alpha value is -4.38. The zero-order valence-corrected chi connectivity index (χ0v) is 22.4. The van der Waals surface area contributed by atoms with E-state index in [1.165, 1.54) is 6.92 Å². The molecule has 0 radical (unpaired) electrons. The molecular formula is C27H24Cl2N6O4. The predicted molar refractivity (Wildman–Crippen MR) is 142 cm³/mol. The SMILES string of the molecule is COc1ccc(C(=O)N(C(C)=O)c2nc(-c3ccccn3)nc3[nH][n+](Cc4ccccc4Cl)cc23)cc1.O.[Cl-]. The number of rotatable bonds is 6. The minimum atomic E-state index is -0.527. The molecule has 5 rings (SSSR count). The number of halogens is 2. The van der Waals surface area contributed by atoms with Crippen molar-refractivity contribution >= 4 is 40.3 Å². The Kier molecular flexibility index (Phi) is 9.31. The van der Waals surface area contributed by atoms with Crippen molar-refractivity contribution in [1.29, 1.82) is 0 Å². The number of aromatic amines is 1. The molecule has 0 saturated heterocycles. The van der Waals surface area contributed by atoms with Gasteiger partial charge < -0.3 is 22.6 Å². The second kappa shape index (κ2) is 12.4. The van der Waals surface area contributed by atoms with E-state index < -0.39 is 11.8 Å². The van der Waals surface area contributed by atoms with Crippen LogP contribution in [0.5, 0.6) is 5.75 Å². The van der Waals surface area contributed by atoms with E-state index in [4.69, 9.17) is 16.3 Å². The van der Waals surface area contributed by atoms with Gasteiger partial charge in [-0.3, -0.25) is 14.6 Å². The second-order valence-electron chi connectivity index (χ2n) is 8.20. The molecule has 3 heterocycles. The fraction of sp³-hybridized carbons (Fsp3) is 0.111. The lowest BCUT2D eigenvalue weighted by molar-refractivity contribution is -0.740. The summed E-state index contributed by atoms with van der Waals surface area (Å²) in [7, 11) is 1.54. The number of benzene rings is 2. The Morgan fingerprint density at radius 1 is 1.03 bits per heavy atom. The number of carbonyl (C=O) groups is 2. The van der Waals surface area contributed by atoms with Crippen molar-refractivity contribution in [2.45, 2.75) is 13.5 Å². The van der Waals surface area contributed by atoms with Crippen molar-refractivity contribution in [3.05, 3.63) is 95.3 Å².